The topological polar surface area (TPSA) is 90.9 Å². The van der Waals surface area contributed by atoms with Crippen LogP contribution in [0.4, 0.5) is 0 Å². The molecule has 5 heteroatoms. The number of nitrogens with one attached hydrogen (secondary N) is 1. The molecule has 0 heterocycles. The molecule has 0 radical (unpaired) electrons. The van der Waals surface area contributed by atoms with Gasteiger partial charge in [-0.15, -0.1) is 0 Å². The maximum absolute atomic E-state index is 10.2. The van der Waals surface area contributed by atoms with Crippen molar-refractivity contribution in [1.82, 2.24) is 5.32 Å². The molecule has 1 fully saturated rings. The van der Waals surface area contributed by atoms with Crippen molar-refractivity contribution in [3.63, 3.8) is 0 Å². The summed E-state index contributed by atoms with van der Waals surface area (Å²) in [5.41, 5.74) is 6.78. The van der Waals surface area contributed by atoms with Crippen LogP contribution in [0.1, 0.15) is 36.8 Å². The molecule has 0 aromatic heterocycles. The normalized spacial score (nSPS) is 18.7. The number of benzene rings is 1. The van der Waals surface area contributed by atoms with Crippen LogP contribution in [0.25, 0.3) is 0 Å². The van der Waals surface area contributed by atoms with Gasteiger partial charge in [-0.2, -0.15) is 0 Å². The second-order valence-corrected chi connectivity index (χ2v) is 5.22. The SMILES string of the molecule is NC(=NO)c1ccc(CNCC2(O)CCCC2)cc1. The van der Waals surface area contributed by atoms with E-state index >= 15 is 0 Å². The van der Waals surface area contributed by atoms with E-state index in [1.54, 1.807) is 0 Å². The predicted molar refractivity (Wildman–Crippen MR) is 74.1 cm³/mol. The highest BCUT2D eigenvalue weighted by Gasteiger charge is 2.30. The van der Waals surface area contributed by atoms with Crippen LogP contribution in [0.2, 0.25) is 0 Å². The lowest BCUT2D eigenvalue weighted by Gasteiger charge is -2.22. The van der Waals surface area contributed by atoms with E-state index in [-0.39, 0.29) is 5.84 Å². The van der Waals surface area contributed by atoms with Gasteiger partial charge in [-0.3, -0.25) is 0 Å². The third-order valence-electron chi connectivity index (χ3n) is 3.67. The highest BCUT2D eigenvalue weighted by atomic mass is 16.4. The van der Waals surface area contributed by atoms with E-state index in [1.807, 2.05) is 24.3 Å². The number of amidine groups is 1. The molecule has 0 saturated heterocycles. The number of oxime groups is 1. The van der Waals surface area contributed by atoms with Gasteiger partial charge in [0.2, 0.25) is 0 Å². The smallest absolute Gasteiger partial charge is 0.170 e. The molecule has 1 aromatic rings. The van der Waals surface area contributed by atoms with Crippen LogP contribution in [0, 0.1) is 0 Å². The Morgan fingerprint density at radius 3 is 2.47 bits per heavy atom. The summed E-state index contributed by atoms with van der Waals surface area (Å²) in [6.07, 6.45) is 4.02. The van der Waals surface area contributed by atoms with Crippen LogP contribution in [0.5, 0.6) is 0 Å². The number of hydrogen-bond acceptors (Lipinski definition) is 4. The van der Waals surface area contributed by atoms with Gasteiger partial charge in [-0.1, -0.05) is 42.3 Å². The monoisotopic (exact) mass is 263 g/mol. The summed E-state index contributed by atoms with van der Waals surface area (Å²) in [6.45, 7) is 1.34. The Hall–Kier alpha value is -1.59. The lowest BCUT2D eigenvalue weighted by atomic mass is 10.0. The molecule has 0 aliphatic heterocycles. The zero-order chi connectivity index (χ0) is 13.7. The summed E-state index contributed by atoms with van der Waals surface area (Å²) >= 11 is 0. The van der Waals surface area contributed by atoms with Crippen molar-refractivity contribution in [2.24, 2.45) is 10.9 Å². The lowest BCUT2D eigenvalue weighted by molar-refractivity contribution is 0.0475. The van der Waals surface area contributed by atoms with Crippen LogP contribution in [-0.2, 0) is 6.54 Å². The van der Waals surface area contributed by atoms with Gasteiger partial charge in [-0.05, 0) is 18.4 Å². The molecule has 0 unspecified atom stereocenters. The third-order valence-corrected chi connectivity index (χ3v) is 3.67. The van der Waals surface area contributed by atoms with E-state index in [9.17, 15) is 5.11 Å². The fourth-order valence-electron chi connectivity index (χ4n) is 2.50. The van der Waals surface area contributed by atoms with Crippen molar-refractivity contribution in [3.8, 4) is 0 Å². The molecule has 0 spiro atoms. The van der Waals surface area contributed by atoms with E-state index in [0.717, 1.165) is 31.2 Å². The molecule has 0 atom stereocenters. The fourth-order valence-corrected chi connectivity index (χ4v) is 2.50. The van der Waals surface area contributed by atoms with Gasteiger partial charge < -0.3 is 21.4 Å². The van der Waals surface area contributed by atoms with Gasteiger partial charge in [0.15, 0.2) is 5.84 Å². The standard InChI is InChI=1S/C14H21N3O2/c15-13(17-19)12-5-3-11(4-6-12)9-16-10-14(18)7-1-2-8-14/h3-6,16,18-19H,1-2,7-10H2,(H2,15,17). The quantitative estimate of drug-likeness (QED) is 0.278. The molecular formula is C14H21N3O2. The molecule has 19 heavy (non-hydrogen) atoms. The molecule has 104 valence electrons. The first-order valence-corrected chi connectivity index (χ1v) is 6.63. The first kappa shape index (κ1) is 13.8. The summed E-state index contributed by atoms with van der Waals surface area (Å²) < 4.78 is 0. The van der Waals surface area contributed by atoms with Crippen molar-refractivity contribution in [3.05, 3.63) is 35.4 Å². The second kappa shape index (κ2) is 6.04. The van der Waals surface area contributed by atoms with Crippen LogP contribution >= 0.6 is 0 Å². The lowest BCUT2D eigenvalue weighted by Crippen LogP contribution is -2.37. The Labute approximate surface area is 113 Å². The summed E-state index contributed by atoms with van der Waals surface area (Å²) in [5.74, 6) is 0.111. The van der Waals surface area contributed by atoms with Gasteiger partial charge in [0.1, 0.15) is 0 Å². The summed E-state index contributed by atoms with van der Waals surface area (Å²) in [4.78, 5) is 0. The number of hydrogen-bond donors (Lipinski definition) is 4. The van der Waals surface area contributed by atoms with E-state index in [0.29, 0.717) is 18.7 Å². The molecular weight excluding hydrogens is 242 g/mol. The number of nitrogens with zero attached hydrogens (tertiary/aromatic N) is 1. The van der Waals surface area contributed by atoms with Gasteiger partial charge >= 0.3 is 0 Å². The Balaban J connectivity index is 1.83. The molecule has 1 aliphatic carbocycles. The molecule has 0 bridgehead atoms. The second-order valence-electron chi connectivity index (χ2n) is 5.22. The molecule has 1 saturated carbocycles. The highest BCUT2D eigenvalue weighted by molar-refractivity contribution is 5.96. The minimum Gasteiger partial charge on any atom is -0.409 e. The maximum atomic E-state index is 10.2. The van der Waals surface area contributed by atoms with Crippen molar-refractivity contribution in [2.45, 2.75) is 37.8 Å². The molecule has 2 rings (SSSR count). The van der Waals surface area contributed by atoms with Crippen molar-refractivity contribution >= 4 is 5.84 Å². The maximum Gasteiger partial charge on any atom is 0.170 e. The predicted octanol–water partition coefficient (Wildman–Crippen LogP) is 1.18. The summed E-state index contributed by atoms with van der Waals surface area (Å²) in [7, 11) is 0. The average Bonchev–Trinajstić information content (AvgIpc) is 2.86. The van der Waals surface area contributed by atoms with E-state index in [1.165, 1.54) is 0 Å². The zero-order valence-corrected chi connectivity index (χ0v) is 11.0. The Morgan fingerprint density at radius 2 is 1.89 bits per heavy atom. The zero-order valence-electron chi connectivity index (χ0n) is 11.0. The van der Waals surface area contributed by atoms with Gasteiger partial charge in [0.05, 0.1) is 5.60 Å². The van der Waals surface area contributed by atoms with Crippen LogP contribution in [0.15, 0.2) is 29.4 Å². The van der Waals surface area contributed by atoms with Crippen LogP contribution in [0.3, 0.4) is 0 Å². The first-order valence-electron chi connectivity index (χ1n) is 6.63. The highest BCUT2D eigenvalue weighted by Crippen LogP contribution is 2.28. The Morgan fingerprint density at radius 1 is 1.26 bits per heavy atom. The third kappa shape index (κ3) is 3.68. The fraction of sp³-hybridized carbons (Fsp3) is 0.500. The number of nitrogens with two attached hydrogens (primary N) is 1. The van der Waals surface area contributed by atoms with Crippen LogP contribution < -0.4 is 11.1 Å². The van der Waals surface area contributed by atoms with Gasteiger partial charge in [0.25, 0.3) is 0 Å². The molecule has 5 N–H and O–H groups in total. The van der Waals surface area contributed by atoms with Crippen molar-refractivity contribution in [1.29, 1.82) is 0 Å². The van der Waals surface area contributed by atoms with E-state index < -0.39 is 5.60 Å². The van der Waals surface area contributed by atoms with Gasteiger partial charge in [0, 0.05) is 18.7 Å². The van der Waals surface area contributed by atoms with Crippen LogP contribution in [-0.4, -0.2) is 28.3 Å². The molecule has 0 amide bonds. The molecule has 5 nitrogen and oxygen atoms in total. The summed E-state index contributed by atoms with van der Waals surface area (Å²) in [6, 6.07) is 7.49. The Kier molecular flexibility index (Phi) is 4.39. The molecule has 1 aliphatic rings. The first-order chi connectivity index (χ1) is 9.13. The van der Waals surface area contributed by atoms with Crippen molar-refractivity contribution in [2.75, 3.05) is 6.54 Å². The minimum absolute atomic E-state index is 0.111. The average molecular weight is 263 g/mol. The van der Waals surface area contributed by atoms with Crippen molar-refractivity contribution < 1.29 is 10.3 Å². The largest absolute Gasteiger partial charge is 0.409 e. The number of rotatable bonds is 5. The van der Waals surface area contributed by atoms with Gasteiger partial charge in [-0.25, -0.2) is 0 Å². The van der Waals surface area contributed by atoms with E-state index in [2.05, 4.69) is 10.5 Å². The Bertz CT molecular complexity index is 437. The molecule has 1 aromatic carbocycles. The minimum atomic E-state index is -0.520. The number of aliphatic hydroxyl groups is 1. The summed E-state index contributed by atoms with van der Waals surface area (Å²) in [5, 5.41) is 25.0. The van der Waals surface area contributed by atoms with E-state index in [4.69, 9.17) is 10.9 Å².